The van der Waals surface area contributed by atoms with Crippen molar-refractivity contribution < 1.29 is 14.0 Å². The highest BCUT2D eigenvalue weighted by Crippen LogP contribution is 2.48. The second-order valence-corrected chi connectivity index (χ2v) is 11.6. The number of hydrogen-bond acceptors (Lipinski definition) is 4. The van der Waals surface area contributed by atoms with Gasteiger partial charge in [0.15, 0.2) is 0 Å². The Labute approximate surface area is 216 Å². The predicted octanol–water partition coefficient (Wildman–Crippen LogP) is 5.31. The minimum Gasteiger partial charge on any atom is -0.352 e. The number of aromatic nitrogens is 2. The molecule has 8 heteroatoms. The first-order valence-corrected chi connectivity index (χ1v) is 13.2. The lowest BCUT2D eigenvalue weighted by Crippen LogP contribution is -2.44. The Morgan fingerprint density at radius 2 is 1.89 bits per heavy atom. The van der Waals surface area contributed by atoms with Crippen LogP contribution in [0.3, 0.4) is 0 Å². The van der Waals surface area contributed by atoms with E-state index in [1.165, 1.54) is 12.1 Å². The van der Waals surface area contributed by atoms with E-state index in [1.807, 2.05) is 32.9 Å². The topological polar surface area (TPSA) is 67.2 Å². The first-order valence-electron chi connectivity index (χ1n) is 12.1. The van der Waals surface area contributed by atoms with Gasteiger partial charge in [0.1, 0.15) is 18.2 Å². The number of carbonyl (C=O) groups excluding carboxylic acids is 2. The smallest absolute Gasteiger partial charge is 0.240 e. The monoisotopic (exact) mass is 508 g/mol. The Bertz CT molecular complexity index is 1280. The molecule has 6 nitrogen and oxygen atoms in total. The summed E-state index contributed by atoms with van der Waals surface area (Å²) in [4.78, 5) is 28.0. The average molecular weight is 509 g/mol. The summed E-state index contributed by atoms with van der Waals surface area (Å²) in [6.45, 7) is 12.0. The lowest BCUT2D eigenvalue weighted by Gasteiger charge is -2.25. The summed E-state index contributed by atoms with van der Waals surface area (Å²) in [5.74, 6) is 0.0128. The maximum atomic E-state index is 13.8. The minimum atomic E-state index is -0.356. The van der Waals surface area contributed by atoms with E-state index in [0.717, 1.165) is 22.4 Å². The number of rotatable bonds is 5. The third-order valence-corrected chi connectivity index (χ3v) is 7.22. The standard InChI is InChI=1S/C28H33FN4O2S/c1-17(2)30-22(34)15-32-23(35)16-36-25(19-9-7-8-18(3)14-19)24-26(28(4,5)6)31-33(27(24)32)21-12-10-20(29)11-13-21/h7-14,17,25H,15-16H2,1-6H3,(H,30,34)/t25-/m1/s1. The fourth-order valence-electron chi connectivity index (χ4n) is 4.44. The molecule has 0 fully saturated rings. The van der Waals surface area contributed by atoms with Gasteiger partial charge in [-0.15, -0.1) is 11.8 Å². The molecule has 3 aromatic rings. The molecule has 0 spiro atoms. The van der Waals surface area contributed by atoms with Crippen LogP contribution in [0.5, 0.6) is 0 Å². The van der Waals surface area contributed by atoms with Gasteiger partial charge in [0, 0.05) is 17.0 Å². The Balaban J connectivity index is 2.01. The van der Waals surface area contributed by atoms with Crippen molar-refractivity contribution in [1.29, 1.82) is 0 Å². The van der Waals surface area contributed by atoms with E-state index in [-0.39, 0.29) is 46.6 Å². The predicted molar refractivity (Wildman–Crippen MR) is 143 cm³/mol. The van der Waals surface area contributed by atoms with Gasteiger partial charge in [0.05, 0.1) is 22.4 Å². The van der Waals surface area contributed by atoms with E-state index in [1.54, 1.807) is 33.5 Å². The zero-order chi connectivity index (χ0) is 26.2. The molecule has 0 aliphatic carbocycles. The molecule has 0 saturated heterocycles. The molecule has 0 unspecified atom stereocenters. The van der Waals surface area contributed by atoms with Crippen molar-refractivity contribution in [2.45, 2.75) is 58.2 Å². The molecule has 190 valence electrons. The van der Waals surface area contributed by atoms with Gasteiger partial charge >= 0.3 is 0 Å². The van der Waals surface area contributed by atoms with Gasteiger partial charge in [-0.2, -0.15) is 5.10 Å². The average Bonchev–Trinajstić information content (AvgIpc) is 3.12. The first-order chi connectivity index (χ1) is 17.0. The fourth-order valence-corrected chi connectivity index (χ4v) is 5.63. The van der Waals surface area contributed by atoms with Crippen molar-refractivity contribution in [1.82, 2.24) is 15.1 Å². The lowest BCUT2D eigenvalue weighted by atomic mass is 9.87. The van der Waals surface area contributed by atoms with Gasteiger partial charge in [-0.25, -0.2) is 9.07 Å². The number of fused-ring (bicyclic) bond motifs is 1. The van der Waals surface area contributed by atoms with Gasteiger partial charge in [-0.1, -0.05) is 50.6 Å². The van der Waals surface area contributed by atoms with E-state index < -0.39 is 0 Å². The number of carbonyl (C=O) groups is 2. The number of hydrogen-bond donors (Lipinski definition) is 1. The van der Waals surface area contributed by atoms with Crippen LogP contribution in [0.15, 0.2) is 48.5 Å². The minimum absolute atomic E-state index is 0.0550. The molecule has 0 radical (unpaired) electrons. The van der Waals surface area contributed by atoms with Crippen LogP contribution in [0, 0.1) is 12.7 Å². The number of amides is 2. The van der Waals surface area contributed by atoms with Crippen molar-refractivity contribution >= 4 is 29.4 Å². The van der Waals surface area contributed by atoms with Crippen LogP contribution in [-0.2, 0) is 15.0 Å². The second kappa shape index (κ2) is 10.1. The van der Waals surface area contributed by atoms with Crippen molar-refractivity contribution in [3.63, 3.8) is 0 Å². The van der Waals surface area contributed by atoms with E-state index in [0.29, 0.717) is 11.5 Å². The number of thioether (sulfide) groups is 1. The summed E-state index contributed by atoms with van der Waals surface area (Å²) in [7, 11) is 0. The van der Waals surface area contributed by atoms with Gasteiger partial charge in [0.2, 0.25) is 11.8 Å². The maximum absolute atomic E-state index is 13.8. The first kappa shape index (κ1) is 25.9. The second-order valence-electron chi connectivity index (χ2n) is 10.5. The molecule has 1 aliphatic rings. The lowest BCUT2D eigenvalue weighted by molar-refractivity contribution is -0.123. The molecule has 2 heterocycles. The van der Waals surface area contributed by atoms with E-state index >= 15 is 0 Å². The third-order valence-electron chi connectivity index (χ3n) is 5.97. The molecule has 2 aromatic carbocycles. The summed E-state index contributed by atoms with van der Waals surface area (Å²) >= 11 is 1.55. The molecular weight excluding hydrogens is 475 g/mol. The Morgan fingerprint density at radius 1 is 1.19 bits per heavy atom. The number of nitrogens with one attached hydrogen (secondary N) is 1. The molecule has 2 amide bonds. The molecule has 1 aromatic heterocycles. The summed E-state index contributed by atoms with van der Waals surface area (Å²) in [5, 5.41) is 7.75. The van der Waals surface area contributed by atoms with Crippen molar-refractivity contribution in [3.8, 4) is 5.69 Å². The van der Waals surface area contributed by atoms with Crippen LogP contribution in [0.1, 0.15) is 62.3 Å². The molecule has 0 saturated carbocycles. The van der Waals surface area contributed by atoms with Gasteiger partial charge in [-0.05, 0) is 50.6 Å². The summed E-state index contributed by atoms with van der Waals surface area (Å²) in [6, 6.07) is 14.3. The largest absolute Gasteiger partial charge is 0.352 e. The van der Waals surface area contributed by atoms with E-state index in [2.05, 4.69) is 38.2 Å². The zero-order valence-corrected chi connectivity index (χ0v) is 22.4. The summed E-state index contributed by atoms with van der Waals surface area (Å²) in [5.41, 5.74) is 4.22. The van der Waals surface area contributed by atoms with Crippen molar-refractivity contribution in [2.75, 3.05) is 17.2 Å². The summed E-state index contributed by atoms with van der Waals surface area (Å²) in [6.07, 6.45) is 0. The third kappa shape index (κ3) is 5.33. The molecule has 0 bridgehead atoms. The zero-order valence-electron chi connectivity index (χ0n) is 21.6. The fraction of sp³-hybridized carbons (Fsp3) is 0.393. The number of benzene rings is 2. The van der Waals surface area contributed by atoms with Gasteiger partial charge in [0.25, 0.3) is 0 Å². The normalized spacial score (nSPS) is 16.2. The molecule has 1 N–H and O–H groups in total. The molecule has 1 atom stereocenters. The van der Waals surface area contributed by atoms with Crippen molar-refractivity contribution in [2.24, 2.45) is 0 Å². The Hall–Kier alpha value is -3.13. The van der Waals surface area contributed by atoms with Crippen LogP contribution >= 0.6 is 11.8 Å². The number of aryl methyl sites for hydroxylation is 1. The quantitative estimate of drug-likeness (QED) is 0.507. The number of anilines is 1. The highest BCUT2D eigenvalue weighted by Gasteiger charge is 2.40. The molecule has 1 aliphatic heterocycles. The Kier molecular flexibility index (Phi) is 7.27. The molecule has 4 rings (SSSR count). The molecular formula is C28H33FN4O2S. The van der Waals surface area contributed by atoms with Gasteiger partial charge in [-0.3, -0.25) is 14.5 Å². The van der Waals surface area contributed by atoms with E-state index in [9.17, 15) is 14.0 Å². The SMILES string of the molecule is Cc1cccc([C@H]2SCC(=O)N(CC(=O)NC(C)C)c3c2c(C(C)(C)C)nn3-c2ccc(F)cc2)c1. The van der Waals surface area contributed by atoms with Gasteiger partial charge < -0.3 is 5.32 Å². The van der Waals surface area contributed by atoms with Crippen LogP contribution < -0.4 is 10.2 Å². The Morgan fingerprint density at radius 3 is 2.50 bits per heavy atom. The van der Waals surface area contributed by atoms with Crippen LogP contribution in [-0.4, -0.2) is 39.9 Å². The van der Waals surface area contributed by atoms with Crippen LogP contribution in [0.25, 0.3) is 5.69 Å². The van der Waals surface area contributed by atoms with Crippen LogP contribution in [0.4, 0.5) is 10.2 Å². The molecule has 36 heavy (non-hydrogen) atoms. The number of nitrogens with zero attached hydrogens (tertiary/aromatic N) is 3. The van der Waals surface area contributed by atoms with E-state index in [4.69, 9.17) is 5.10 Å². The maximum Gasteiger partial charge on any atom is 0.240 e. The van der Waals surface area contributed by atoms with Crippen molar-refractivity contribution in [3.05, 3.63) is 76.7 Å². The highest BCUT2D eigenvalue weighted by molar-refractivity contribution is 8.00. The van der Waals surface area contributed by atoms with Crippen LogP contribution in [0.2, 0.25) is 0 Å². The number of halogens is 1. The highest BCUT2D eigenvalue weighted by atomic mass is 32.2. The summed E-state index contributed by atoms with van der Waals surface area (Å²) < 4.78 is 15.5.